The molecule has 1 fully saturated rings. The van der Waals surface area contributed by atoms with Crippen LogP contribution in [0.4, 0.5) is 10.7 Å². The van der Waals surface area contributed by atoms with Gasteiger partial charge in [0, 0.05) is 44.5 Å². The second kappa shape index (κ2) is 5.90. The fraction of sp³-hybridized carbons (Fsp3) is 0.667. The van der Waals surface area contributed by atoms with Crippen LogP contribution in [0.3, 0.4) is 0 Å². The smallest absolute Gasteiger partial charge is 0.305 e. The summed E-state index contributed by atoms with van der Waals surface area (Å²) in [4.78, 5) is 14.9. The van der Waals surface area contributed by atoms with E-state index >= 15 is 0 Å². The zero-order chi connectivity index (χ0) is 15.8. The maximum Gasteiger partial charge on any atom is 0.305 e. The van der Waals surface area contributed by atoms with Gasteiger partial charge in [-0.1, -0.05) is 11.3 Å². The first-order valence-electron chi connectivity index (χ1n) is 6.67. The molecule has 2 heterocycles. The van der Waals surface area contributed by atoms with E-state index in [1.165, 1.54) is 6.07 Å². The van der Waals surface area contributed by atoms with Crippen molar-refractivity contribution >= 4 is 31.9 Å². The van der Waals surface area contributed by atoms with Crippen LogP contribution < -0.4 is 4.90 Å². The summed E-state index contributed by atoms with van der Waals surface area (Å²) in [7, 11) is -3.42. The van der Waals surface area contributed by atoms with Crippen LogP contribution in [0, 0.1) is 10.1 Å². The quantitative estimate of drug-likeness (QED) is 0.614. The minimum Gasteiger partial charge on any atom is -0.355 e. The number of piperazine rings is 1. The van der Waals surface area contributed by atoms with Gasteiger partial charge in [0.05, 0.1) is 4.92 Å². The molecule has 21 heavy (non-hydrogen) atoms. The van der Waals surface area contributed by atoms with Crippen LogP contribution >= 0.6 is 11.3 Å². The van der Waals surface area contributed by atoms with Crippen molar-refractivity contribution in [3.63, 3.8) is 0 Å². The topological polar surface area (TPSA) is 83.8 Å². The fourth-order valence-corrected chi connectivity index (χ4v) is 4.41. The number of anilines is 1. The normalized spacial score (nSPS) is 17.4. The lowest BCUT2D eigenvalue weighted by atomic mass is 10.2. The first kappa shape index (κ1) is 16.2. The van der Waals surface area contributed by atoms with E-state index in [2.05, 4.69) is 18.7 Å². The lowest BCUT2D eigenvalue weighted by molar-refractivity contribution is -0.383. The molecule has 1 aromatic heterocycles. The van der Waals surface area contributed by atoms with Gasteiger partial charge in [0.15, 0.2) is 14.8 Å². The lowest BCUT2D eigenvalue weighted by Crippen LogP contribution is -2.48. The van der Waals surface area contributed by atoms with E-state index in [1.807, 2.05) is 4.90 Å². The van der Waals surface area contributed by atoms with E-state index in [0.29, 0.717) is 24.1 Å². The Balaban J connectivity index is 2.28. The van der Waals surface area contributed by atoms with E-state index in [4.69, 9.17) is 0 Å². The van der Waals surface area contributed by atoms with Gasteiger partial charge >= 0.3 is 5.69 Å². The highest BCUT2D eigenvalue weighted by Gasteiger charge is 2.29. The summed E-state index contributed by atoms with van der Waals surface area (Å²) in [6, 6.07) is 1.61. The van der Waals surface area contributed by atoms with Crippen molar-refractivity contribution in [3.05, 3.63) is 16.2 Å². The van der Waals surface area contributed by atoms with Gasteiger partial charge in [0.25, 0.3) is 0 Å². The highest BCUT2D eigenvalue weighted by molar-refractivity contribution is 7.92. The Hall–Kier alpha value is -1.19. The van der Waals surface area contributed by atoms with Crippen LogP contribution in [0.5, 0.6) is 0 Å². The molecule has 0 unspecified atom stereocenters. The number of nitro groups is 1. The van der Waals surface area contributed by atoms with Crippen LogP contribution in [0.15, 0.2) is 10.3 Å². The van der Waals surface area contributed by atoms with Gasteiger partial charge in [0.1, 0.15) is 4.21 Å². The summed E-state index contributed by atoms with van der Waals surface area (Å²) in [5.74, 6) is 0. The molecule has 9 heteroatoms. The summed E-state index contributed by atoms with van der Waals surface area (Å²) >= 11 is 0.989. The van der Waals surface area contributed by atoms with Gasteiger partial charge in [0.2, 0.25) is 0 Å². The number of rotatable bonds is 4. The molecule has 0 aliphatic carbocycles. The molecule has 1 aliphatic rings. The van der Waals surface area contributed by atoms with Gasteiger partial charge in [-0.25, -0.2) is 8.42 Å². The molecule has 0 radical (unpaired) electrons. The Bertz CT molecular complexity index is 631. The number of sulfone groups is 1. The van der Waals surface area contributed by atoms with E-state index in [1.54, 1.807) is 0 Å². The molecule has 0 amide bonds. The molecule has 2 rings (SSSR count). The lowest BCUT2D eigenvalue weighted by Gasteiger charge is -2.37. The highest BCUT2D eigenvalue weighted by atomic mass is 32.2. The van der Waals surface area contributed by atoms with Crippen molar-refractivity contribution in [2.45, 2.75) is 24.1 Å². The van der Waals surface area contributed by atoms with E-state index in [9.17, 15) is 18.5 Å². The number of thiophene rings is 1. The zero-order valence-corrected chi connectivity index (χ0v) is 13.9. The van der Waals surface area contributed by atoms with Crippen LogP contribution in [0.2, 0.25) is 0 Å². The van der Waals surface area contributed by atoms with Crippen LogP contribution in [0.1, 0.15) is 13.8 Å². The summed E-state index contributed by atoms with van der Waals surface area (Å²) in [6.07, 6.45) is 1.07. The number of hydrogen-bond acceptors (Lipinski definition) is 7. The molecule has 0 atom stereocenters. The predicted octanol–water partition coefficient (Wildman–Crippen LogP) is 1.59. The first-order valence-corrected chi connectivity index (χ1v) is 9.38. The number of hydrogen-bond donors (Lipinski definition) is 0. The van der Waals surface area contributed by atoms with Crippen molar-refractivity contribution in [2.75, 3.05) is 37.3 Å². The second-order valence-corrected chi connectivity index (χ2v) is 8.68. The van der Waals surface area contributed by atoms with Gasteiger partial charge < -0.3 is 4.90 Å². The van der Waals surface area contributed by atoms with Gasteiger partial charge in [-0.05, 0) is 13.8 Å². The van der Waals surface area contributed by atoms with Gasteiger partial charge in [-0.3, -0.25) is 15.0 Å². The molecule has 0 N–H and O–H groups in total. The third-order valence-electron chi connectivity index (χ3n) is 3.56. The SMILES string of the molecule is CC(C)N1CCN(c2sc(S(C)(=O)=O)cc2[N+](=O)[O-])CC1. The monoisotopic (exact) mass is 333 g/mol. The summed E-state index contributed by atoms with van der Waals surface area (Å²) in [5, 5.41) is 11.6. The Labute approximate surface area is 128 Å². The molecule has 7 nitrogen and oxygen atoms in total. The van der Waals surface area contributed by atoms with Crippen LogP contribution in [-0.4, -0.2) is 56.7 Å². The van der Waals surface area contributed by atoms with E-state index in [-0.39, 0.29) is 9.90 Å². The van der Waals surface area contributed by atoms with Crippen molar-refractivity contribution in [2.24, 2.45) is 0 Å². The van der Waals surface area contributed by atoms with Crippen molar-refractivity contribution in [3.8, 4) is 0 Å². The highest BCUT2D eigenvalue weighted by Crippen LogP contribution is 2.40. The summed E-state index contributed by atoms with van der Waals surface area (Å²) < 4.78 is 23.3. The average molecular weight is 333 g/mol. The Morgan fingerprint density at radius 2 is 1.86 bits per heavy atom. The fourth-order valence-electron chi connectivity index (χ4n) is 2.33. The first-order chi connectivity index (χ1) is 9.70. The van der Waals surface area contributed by atoms with Crippen molar-refractivity contribution < 1.29 is 13.3 Å². The Morgan fingerprint density at radius 3 is 2.29 bits per heavy atom. The molecule has 0 saturated carbocycles. The van der Waals surface area contributed by atoms with E-state index < -0.39 is 14.8 Å². The Morgan fingerprint density at radius 1 is 1.29 bits per heavy atom. The minimum absolute atomic E-state index is 0.0514. The molecular weight excluding hydrogens is 314 g/mol. The minimum atomic E-state index is -3.42. The van der Waals surface area contributed by atoms with Crippen molar-refractivity contribution in [1.82, 2.24) is 4.90 Å². The average Bonchev–Trinajstić information content (AvgIpc) is 2.83. The number of nitrogens with zero attached hydrogens (tertiary/aromatic N) is 3. The Kier molecular flexibility index (Phi) is 4.54. The molecule has 1 saturated heterocycles. The van der Waals surface area contributed by atoms with Crippen LogP contribution in [-0.2, 0) is 9.84 Å². The molecule has 1 aliphatic heterocycles. The third kappa shape index (κ3) is 3.53. The second-order valence-electron chi connectivity index (χ2n) is 5.40. The zero-order valence-electron chi connectivity index (χ0n) is 12.3. The summed E-state index contributed by atoms with van der Waals surface area (Å²) in [6.45, 7) is 7.21. The third-order valence-corrected chi connectivity index (χ3v) is 6.55. The maximum atomic E-state index is 11.6. The molecule has 0 spiro atoms. The van der Waals surface area contributed by atoms with Gasteiger partial charge in [-0.15, -0.1) is 0 Å². The largest absolute Gasteiger partial charge is 0.355 e. The summed E-state index contributed by atoms with van der Waals surface area (Å²) in [5.41, 5.74) is -0.113. The molecule has 0 bridgehead atoms. The standard InChI is InChI=1S/C12H19N3O4S2/c1-9(2)13-4-6-14(7-5-13)12-10(15(16)17)8-11(20-12)21(3,18)19/h8-9H,4-7H2,1-3H3. The van der Waals surface area contributed by atoms with Gasteiger partial charge in [-0.2, -0.15) is 0 Å². The van der Waals surface area contributed by atoms with Crippen LogP contribution in [0.25, 0.3) is 0 Å². The molecule has 0 aromatic carbocycles. The molecular formula is C12H19N3O4S2. The maximum absolute atomic E-state index is 11.6. The molecule has 118 valence electrons. The predicted molar refractivity (Wildman–Crippen MR) is 83.0 cm³/mol. The van der Waals surface area contributed by atoms with E-state index in [0.717, 1.165) is 30.7 Å². The molecule has 1 aromatic rings. The van der Waals surface area contributed by atoms with Crippen molar-refractivity contribution in [1.29, 1.82) is 0 Å².